The molecule has 0 saturated heterocycles. The first-order valence-corrected chi connectivity index (χ1v) is 9.99. The highest BCUT2D eigenvalue weighted by Gasteiger charge is 2.35. The minimum atomic E-state index is -1.10. The van der Waals surface area contributed by atoms with Crippen LogP contribution < -0.4 is 0 Å². The second-order valence-electron chi connectivity index (χ2n) is 7.85. The lowest BCUT2D eigenvalue weighted by Gasteiger charge is -2.35. The summed E-state index contributed by atoms with van der Waals surface area (Å²) in [7, 11) is 1.47. The molecule has 0 aliphatic carbocycles. The van der Waals surface area contributed by atoms with E-state index in [1.54, 1.807) is 24.3 Å². The predicted molar refractivity (Wildman–Crippen MR) is 110 cm³/mol. The monoisotopic (exact) mass is 432 g/mol. The maximum absolute atomic E-state index is 14.4. The zero-order chi connectivity index (χ0) is 22.1. The Labute approximate surface area is 177 Å². The number of nitrogens with zero attached hydrogens (tertiary/aromatic N) is 4. The van der Waals surface area contributed by atoms with Gasteiger partial charge < -0.3 is 10.0 Å². The van der Waals surface area contributed by atoms with E-state index in [9.17, 15) is 18.7 Å². The molecular weight excluding hydrogens is 410 g/mol. The summed E-state index contributed by atoms with van der Waals surface area (Å²) < 4.78 is 29.5. The third-order valence-electron chi connectivity index (χ3n) is 4.47. The summed E-state index contributed by atoms with van der Waals surface area (Å²) in [5.74, 6) is -1.11. The lowest BCUT2D eigenvalue weighted by atomic mass is 9.84. The summed E-state index contributed by atoms with van der Waals surface area (Å²) >= 11 is 1.20. The van der Waals surface area contributed by atoms with Crippen LogP contribution in [0, 0.1) is 17.2 Å². The van der Waals surface area contributed by atoms with Gasteiger partial charge in [-0.25, -0.2) is 18.9 Å². The van der Waals surface area contributed by atoms with Gasteiger partial charge in [-0.05, 0) is 41.8 Å². The first kappa shape index (κ1) is 21.8. The first-order valence-electron chi connectivity index (χ1n) is 9.18. The third kappa shape index (κ3) is 4.62. The largest absolute Gasteiger partial charge is 0.465 e. The number of aromatic nitrogens is 3. The highest BCUT2D eigenvalue weighted by molar-refractivity contribution is 7.99. The molecule has 2 heterocycles. The molecule has 0 bridgehead atoms. The Morgan fingerprint density at radius 2 is 1.93 bits per heavy atom. The molecule has 6 nitrogen and oxygen atoms in total. The lowest BCUT2D eigenvalue weighted by Crippen LogP contribution is -2.37. The Kier molecular flexibility index (Phi) is 6.12. The van der Waals surface area contributed by atoms with Crippen molar-refractivity contribution in [3.63, 3.8) is 0 Å². The molecule has 0 spiro atoms. The molecule has 3 aromatic rings. The van der Waals surface area contributed by atoms with Crippen molar-refractivity contribution in [2.24, 2.45) is 5.41 Å². The van der Waals surface area contributed by atoms with Gasteiger partial charge in [-0.3, -0.25) is 0 Å². The van der Waals surface area contributed by atoms with E-state index in [0.717, 1.165) is 0 Å². The van der Waals surface area contributed by atoms with Crippen LogP contribution in [0.25, 0.3) is 5.69 Å². The van der Waals surface area contributed by atoms with Crippen molar-refractivity contribution >= 4 is 17.9 Å². The smallest absolute Gasteiger partial charge is 0.407 e. The van der Waals surface area contributed by atoms with E-state index in [1.165, 1.54) is 52.8 Å². The fraction of sp³-hybridized carbons (Fsp3) is 0.286. The molecule has 2 aromatic heterocycles. The Hall–Kier alpha value is -2.94. The highest BCUT2D eigenvalue weighted by atomic mass is 32.2. The minimum Gasteiger partial charge on any atom is -0.465 e. The Bertz CT molecular complexity index is 1070. The van der Waals surface area contributed by atoms with Crippen LogP contribution in [0.3, 0.4) is 0 Å². The van der Waals surface area contributed by atoms with Gasteiger partial charge in [-0.1, -0.05) is 38.6 Å². The summed E-state index contributed by atoms with van der Waals surface area (Å²) in [6, 6.07) is 10.2. The summed E-state index contributed by atoms with van der Waals surface area (Å²) in [6.45, 7) is 5.71. The summed E-state index contributed by atoms with van der Waals surface area (Å²) in [5.41, 5.74) is 0.0866. The molecule has 9 heteroatoms. The van der Waals surface area contributed by atoms with Gasteiger partial charge in [0.2, 0.25) is 5.95 Å². The number of amides is 1. The van der Waals surface area contributed by atoms with Gasteiger partial charge in [0.25, 0.3) is 0 Å². The molecule has 0 aliphatic rings. The zero-order valence-corrected chi connectivity index (χ0v) is 17.8. The molecule has 30 heavy (non-hydrogen) atoms. The van der Waals surface area contributed by atoms with Crippen molar-refractivity contribution in [3.8, 4) is 5.69 Å². The van der Waals surface area contributed by atoms with E-state index in [4.69, 9.17) is 0 Å². The number of rotatable bonds is 5. The van der Waals surface area contributed by atoms with Crippen molar-refractivity contribution in [2.45, 2.75) is 36.7 Å². The number of carboxylic acid groups (broad SMARTS) is 1. The molecule has 1 atom stereocenters. The van der Waals surface area contributed by atoms with Crippen molar-refractivity contribution < 1.29 is 18.7 Å². The Morgan fingerprint density at radius 3 is 2.53 bits per heavy atom. The molecule has 3 rings (SSSR count). The summed E-state index contributed by atoms with van der Waals surface area (Å²) in [6.07, 6.45) is 0.232. The molecule has 1 aromatic carbocycles. The fourth-order valence-corrected chi connectivity index (χ4v) is 4.25. The summed E-state index contributed by atoms with van der Waals surface area (Å²) in [4.78, 5) is 17.1. The van der Waals surface area contributed by atoms with Crippen LogP contribution in [0.2, 0.25) is 0 Å². The number of hydrogen-bond donors (Lipinski definition) is 1. The van der Waals surface area contributed by atoms with Crippen LogP contribution in [-0.4, -0.2) is 37.9 Å². The molecule has 0 fully saturated rings. The van der Waals surface area contributed by atoms with Gasteiger partial charge in [-0.2, -0.15) is 9.49 Å². The van der Waals surface area contributed by atoms with Crippen LogP contribution in [-0.2, 0) is 0 Å². The predicted octanol–water partition coefficient (Wildman–Crippen LogP) is 5.39. The van der Waals surface area contributed by atoms with E-state index in [1.807, 2.05) is 20.8 Å². The van der Waals surface area contributed by atoms with Gasteiger partial charge in [0.15, 0.2) is 0 Å². The van der Waals surface area contributed by atoms with Gasteiger partial charge in [0, 0.05) is 18.1 Å². The van der Waals surface area contributed by atoms with Crippen LogP contribution in [0.5, 0.6) is 0 Å². The standard InChI is InChI=1S/C21H22F2N4O2S/c1-21(2,3)18(26(4)20(28)29)15-12-17(30-14-8-5-7-13(22)11-14)27(25-15)16-9-6-10-24-19(16)23/h5-12,18H,1-4H3,(H,28,29). The maximum atomic E-state index is 14.4. The SMILES string of the molecule is CN(C(=O)O)C(c1cc(Sc2cccc(F)c2)n(-c2cccnc2F)n1)C(C)(C)C. The third-order valence-corrected chi connectivity index (χ3v) is 5.46. The second-order valence-corrected chi connectivity index (χ2v) is 8.95. The molecule has 1 amide bonds. The molecule has 0 radical (unpaired) electrons. The normalized spacial score (nSPS) is 12.6. The van der Waals surface area contributed by atoms with Gasteiger partial charge >= 0.3 is 6.09 Å². The number of hydrogen-bond acceptors (Lipinski definition) is 4. The zero-order valence-electron chi connectivity index (χ0n) is 17.0. The van der Waals surface area contributed by atoms with Gasteiger partial charge in [0.1, 0.15) is 16.5 Å². The van der Waals surface area contributed by atoms with E-state index in [-0.39, 0.29) is 5.69 Å². The topological polar surface area (TPSA) is 71.2 Å². The number of pyridine rings is 1. The van der Waals surface area contributed by atoms with E-state index in [0.29, 0.717) is 15.6 Å². The average Bonchev–Trinajstić information content (AvgIpc) is 3.03. The van der Waals surface area contributed by atoms with E-state index < -0.39 is 29.3 Å². The molecule has 1 unspecified atom stereocenters. The van der Waals surface area contributed by atoms with E-state index in [2.05, 4.69) is 10.1 Å². The molecule has 1 N–H and O–H groups in total. The van der Waals surface area contributed by atoms with Crippen LogP contribution in [0.4, 0.5) is 13.6 Å². The average molecular weight is 432 g/mol. The lowest BCUT2D eigenvalue weighted by molar-refractivity contribution is 0.0965. The van der Waals surface area contributed by atoms with Crippen molar-refractivity contribution in [1.82, 2.24) is 19.7 Å². The molecule has 158 valence electrons. The van der Waals surface area contributed by atoms with E-state index >= 15 is 0 Å². The van der Waals surface area contributed by atoms with Crippen LogP contribution in [0.1, 0.15) is 32.5 Å². The fourth-order valence-electron chi connectivity index (χ4n) is 3.28. The number of halogens is 2. The molecule has 0 saturated carbocycles. The Morgan fingerprint density at radius 1 is 1.20 bits per heavy atom. The van der Waals surface area contributed by atoms with Gasteiger partial charge in [-0.15, -0.1) is 0 Å². The van der Waals surface area contributed by atoms with Crippen molar-refractivity contribution in [2.75, 3.05) is 7.05 Å². The number of benzene rings is 1. The highest BCUT2D eigenvalue weighted by Crippen LogP contribution is 2.40. The van der Waals surface area contributed by atoms with Gasteiger partial charge in [0.05, 0.1) is 11.7 Å². The summed E-state index contributed by atoms with van der Waals surface area (Å²) in [5, 5.41) is 14.6. The van der Waals surface area contributed by atoms with Crippen molar-refractivity contribution in [1.29, 1.82) is 0 Å². The quantitative estimate of drug-likeness (QED) is 0.547. The Balaban J connectivity index is 2.16. The van der Waals surface area contributed by atoms with Crippen molar-refractivity contribution in [3.05, 3.63) is 66.1 Å². The minimum absolute atomic E-state index is 0.119. The van der Waals surface area contributed by atoms with Crippen LogP contribution >= 0.6 is 11.8 Å². The first-order chi connectivity index (χ1) is 14.1. The van der Waals surface area contributed by atoms with Crippen LogP contribution in [0.15, 0.2) is 58.6 Å². The number of carbonyl (C=O) groups is 1. The second kappa shape index (κ2) is 8.43. The molecule has 0 aliphatic heterocycles. The maximum Gasteiger partial charge on any atom is 0.407 e. The molecular formula is C21H22F2N4O2S.